The van der Waals surface area contributed by atoms with Gasteiger partial charge in [0.05, 0.1) is 6.33 Å². The number of carbonyl (C=O) groups is 1. The van der Waals surface area contributed by atoms with Crippen LogP contribution in [0.25, 0.3) is 0 Å². The number of carbonyl (C=O) groups excluding carboxylic acids is 1. The largest absolute Gasteiger partial charge is 0.345 e. The number of rotatable bonds is 4. The van der Waals surface area contributed by atoms with Crippen molar-refractivity contribution in [1.29, 1.82) is 0 Å². The highest BCUT2D eigenvalue weighted by molar-refractivity contribution is 7.13. The van der Waals surface area contributed by atoms with Crippen LogP contribution >= 0.6 is 11.3 Å². The van der Waals surface area contributed by atoms with Crippen LogP contribution in [0, 0.1) is 0 Å². The highest BCUT2D eigenvalue weighted by atomic mass is 32.1. The molecule has 112 valence electrons. The van der Waals surface area contributed by atoms with E-state index < -0.39 is 0 Å². The zero-order valence-corrected chi connectivity index (χ0v) is 12.5. The Labute approximate surface area is 127 Å². The number of aromatic nitrogens is 3. The zero-order chi connectivity index (χ0) is 14.5. The van der Waals surface area contributed by atoms with Crippen molar-refractivity contribution in [3.8, 4) is 0 Å². The van der Waals surface area contributed by atoms with E-state index in [1.165, 1.54) is 0 Å². The maximum Gasteiger partial charge on any atom is 0.317 e. The lowest BCUT2D eigenvalue weighted by Crippen LogP contribution is -2.52. The maximum atomic E-state index is 12.1. The van der Waals surface area contributed by atoms with Gasteiger partial charge in [-0.05, 0) is 0 Å². The first-order valence-corrected chi connectivity index (χ1v) is 7.84. The van der Waals surface area contributed by atoms with Crippen molar-refractivity contribution < 1.29 is 4.79 Å². The average molecular weight is 306 g/mol. The fraction of sp³-hybridized carbons (Fsp3) is 0.462. The van der Waals surface area contributed by atoms with Crippen LogP contribution in [0.1, 0.15) is 0 Å². The fourth-order valence-electron chi connectivity index (χ4n) is 2.30. The molecule has 0 radical (unpaired) electrons. The SMILES string of the molecule is O=C(NCCn1ccnc1)N1CCN(c2nccs2)CC1. The molecule has 7 nitrogen and oxygen atoms in total. The van der Waals surface area contributed by atoms with Crippen LogP contribution in [0.2, 0.25) is 0 Å². The van der Waals surface area contributed by atoms with E-state index >= 15 is 0 Å². The maximum absolute atomic E-state index is 12.1. The van der Waals surface area contributed by atoms with Gasteiger partial charge in [0.1, 0.15) is 0 Å². The molecule has 1 saturated heterocycles. The molecule has 1 N–H and O–H groups in total. The number of hydrogen-bond acceptors (Lipinski definition) is 5. The van der Waals surface area contributed by atoms with Crippen LogP contribution in [0.4, 0.5) is 9.93 Å². The molecule has 21 heavy (non-hydrogen) atoms. The lowest BCUT2D eigenvalue weighted by atomic mass is 10.3. The molecule has 2 aromatic heterocycles. The quantitative estimate of drug-likeness (QED) is 0.910. The molecule has 0 spiro atoms. The first-order chi connectivity index (χ1) is 10.3. The predicted octanol–water partition coefficient (Wildman–Crippen LogP) is 0.871. The van der Waals surface area contributed by atoms with Crippen molar-refractivity contribution in [3.63, 3.8) is 0 Å². The molecule has 1 fully saturated rings. The van der Waals surface area contributed by atoms with E-state index in [0.717, 1.165) is 37.9 Å². The molecule has 3 rings (SSSR count). The summed E-state index contributed by atoms with van der Waals surface area (Å²) in [5, 5.41) is 5.96. The molecule has 1 aliphatic heterocycles. The number of anilines is 1. The molecule has 8 heteroatoms. The number of amides is 2. The number of nitrogens with one attached hydrogen (secondary N) is 1. The van der Waals surface area contributed by atoms with Crippen molar-refractivity contribution in [2.75, 3.05) is 37.6 Å². The minimum atomic E-state index is 0.00824. The van der Waals surface area contributed by atoms with Gasteiger partial charge in [0.2, 0.25) is 0 Å². The van der Waals surface area contributed by atoms with E-state index in [4.69, 9.17) is 0 Å². The zero-order valence-electron chi connectivity index (χ0n) is 11.7. The molecule has 2 amide bonds. The monoisotopic (exact) mass is 306 g/mol. The van der Waals surface area contributed by atoms with Crippen molar-refractivity contribution in [2.24, 2.45) is 0 Å². The minimum absolute atomic E-state index is 0.00824. The Kier molecular flexibility index (Phi) is 4.34. The Morgan fingerprint density at radius 2 is 2.14 bits per heavy atom. The third-order valence-corrected chi connectivity index (χ3v) is 4.29. The Morgan fingerprint density at radius 3 is 2.81 bits per heavy atom. The van der Waals surface area contributed by atoms with Gasteiger partial charge in [-0.15, -0.1) is 11.3 Å². The predicted molar refractivity (Wildman–Crippen MR) is 81.5 cm³/mol. The average Bonchev–Trinajstić information content (AvgIpc) is 3.21. The Balaban J connectivity index is 1.40. The fourth-order valence-corrected chi connectivity index (χ4v) is 2.99. The first kappa shape index (κ1) is 13.9. The van der Waals surface area contributed by atoms with Crippen molar-refractivity contribution in [3.05, 3.63) is 30.3 Å². The molecule has 0 unspecified atom stereocenters. The molecule has 2 aromatic rings. The van der Waals surface area contributed by atoms with Gasteiger partial charge in [-0.2, -0.15) is 0 Å². The number of imidazole rings is 1. The Bertz CT molecular complexity index is 547. The highest BCUT2D eigenvalue weighted by Gasteiger charge is 2.21. The van der Waals surface area contributed by atoms with E-state index in [1.807, 2.05) is 27.2 Å². The van der Waals surface area contributed by atoms with E-state index in [1.54, 1.807) is 23.9 Å². The van der Waals surface area contributed by atoms with E-state index in [0.29, 0.717) is 6.54 Å². The standard InChI is InChI=1S/C13H18N6OS/c20-12(15-2-5-17-4-1-14-11-17)18-6-8-19(9-7-18)13-16-3-10-21-13/h1,3-4,10-11H,2,5-9H2,(H,15,20). The second kappa shape index (κ2) is 6.57. The summed E-state index contributed by atoms with van der Waals surface area (Å²) in [7, 11) is 0. The van der Waals surface area contributed by atoms with Crippen LogP contribution in [0.5, 0.6) is 0 Å². The van der Waals surface area contributed by atoms with Gasteiger partial charge in [0.15, 0.2) is 5.13 Å². The summed E-state index contributed by atoms with van der Waals surface area (Å²) < 4.78 is 1.95. The first-order valence-electron chi connectivity index (χ1n) is 6.96. The molecule has 1 aliphatic rings. The lowest BCUT2D eigenvalue weighted by Gasteiger charge is -2.34. The van der Waals surface area contributed by atoms with Crippen LogP contribution < -0.4 is 10.2 Å². The van der Waals surface area contributed by atoms with Gasteiger partial charge < -0.3 is 19.7 Å². The Hall–Kier alpha value is -2.09. The third kappa shape index (κ3) is 3.52. The molecular weight excluding hydrogens is 288 g/mol. The van der Waals surface area contributed by atoms with E-state index in [2.05, 4.69) is 20.2 Å². The normalized spacial score (nSPS) is 15.2. The van der Waals surface area contributed by atoms with Crippen molar-refractivity contribution >= 4 is 22.5 Å². The Morgan fingerprint density at radius 1 is 1.29 bits per heavy atom. The molecule has 0 atom stereocenters. The number of nitrogens with zero attached hydrogens (tertiary/aromatic N) is 5. The molecule has 3 heterocycles. The molecular formula is C13H18N6OS. The van der Waals surface area contributed by atoms with Crippen LogP contribution in [0.15, 0.2) is 30.3 Å². The van der Waals surface area contributed by atoms with Crippen LogP contribution in [-0.2, 0) is 6.54 Å². The third-order valence-electron chi connectivity index (χ3n) is 3.46. The van der Waals surface area contributed by atoms with Gasteiger partial charge >= 0.3 is 6.03 Å². The van der Waals surface area contributed by atoms with Crippen LogP contribution in [0.3, 0.4) is 0 Å². The number of urea groups is 1. The minimum Gasteiger partial charge on any atom is -0.345 e. The summed E-state index contributed by atoms with van der Waals surface area (Å²) in [6.07, 6.45) is 7.19. The van der Waals surface area contributed by atoms with Gasteiger partial charge in [0, 0.05) is 63.2 Å². The van der Waals surface area contributed by atoms with Gasteiger partial charge in [-0.3, -0.25) is 0 Å². The van der Waals surface area contributed by atoms with Gasteiger partial charge in [-0.25, -0.2) is 14.8 Å². The molecule has 0 aromatic carbocycles. The summed E-state index contributed by atoms with van der Waals surface area (Å²) in [6, 6.07) is 0.00824. The second-order valence-electron chi connectivity index (χ2n) is 4.82. The van der Waals surface area contributed by atoms with Gasteiger partial charge in [0.25, 0.3) is 0 Å². The van der Waals surface area contributed by atoms with E-state index in [9.17, 15) is 4.79 Å². The summed E-state index contributed by atoms with van der Waals surface area (Å²) in [4.78, 5) is 24.4. The second-order valence-corrected chi connectivity index (χ2v) is 5.69. The topological polar surface area (TPSA) is 66.3 Å². The van der Waals surface area contributed by atoms with Crippen molar-refractivity contribution in [1.82, 2.24) is 24.8 Å². The summed E-state index contributed by atoms with van der Waals surface area (Å²) in [6.45, 7) is 4.49. The highest BCUT2D eigenvalue weighted by Crippen LogP contribution is 2.18. The smallest absolute Gasteiger partial charge is 0.317 e. The summed E-state index contributed by atoms with van der Waals surface area (Å²) in [5.74, 6) is 0. The van der Waals surface area contributed by atoms with Gasteiger partial charge in [-0.1, -0.05) is 0 Å². The van der Waals surface area contributed by atoms with E-state index in [-0.39, 0.29) is 6.03 Å². The summed E-state index contributed by atoms with van der Waals surface area (Å²) in [5.41, 5.74) is 0. The summed E-state index contributed by atoms with van der Waals surface area (Å²) >= 11 is 1.64. The van der Waals surface area contributed by atoms with Crippen LogP contribution in [-0.4, -0.2) is 58.2 Å². The molecule has 0 bridgehead atoms. The molecule has 0 saturated carbocycles. The number of hydrogen-bond donors (Lipinski definition) is 1. The number of piperazine rings is 1. The molecule has 0 aliphatic carbocycles. The van der Waals surface area contributed by atoms with Crippen molar-refractivity contribution in [2.45, 2.75) is 6.54 Å². The lowest BCUT2D eigenvalue weighted by molar-refractivity contribution is 0.194. The number of thiazole rings is 1.